The van der Waals surface area contributed by atoms with Gasteiger partial charge in [0.1, 0.15) is 6.73 Å². The van der Waals surface area contributed by atoms with Crippen LogP contribution in [0.15, 0.2) is 0 Å². The van der Waals surface area contributed by atoms with E-state index in [4.69, 9.17) is 5.11 Å². The first-order chi connectivity index (χ1) is 1.91. The van der Waals surface area contributed by atoms with E-state index in [2.05, 4.69) is 11.8 Å². The molecule has 3 heteroatoms. The molecular weight excluding hydrogens is 89.5 g/mol. The number of hydrogen-bond donors (Lipinski definition) is 2. The van der Waals surface area contributed by atoms with E-state index in [0.717, 1.165) is 0 Å². The molecule has 2 nitrogen and oxygen atoms in total. The predicted molar refractivity (Wildman–Crippen MR) is 22.8 cm³/mol. The first-order valence-electron chi connectivity index (χ1n) is 0.859. The van der Waals surface area contributed by atoms with Gasteiger partial charge in [-0.05, 0) is 11.8 Å². The topological polar surface area (TPSA) is 32.3 Å². The summed E-state index contributed by atoms with van der Waals surface area (Å²) in [7, 11) is 0. The Bertz CT molecular complexity index is 11.6. The van der Waals surface area contributed by atoms with Gasteiger partial charge in [-0.3, -0.25) is 0 Å². The lowest BCUT2D eigenvalue weighted by atomic mass is 11.4. The summed E-state index contributed by atoms with van der Waals surface area (Å²) in [6.45, 7) is -0.165. The van der Waals surface area contributed by atoms with E-state index in [1.54, 1.807) is 0 Å². The SMILES string of the molecule is C.OCNCl. The standard InChI is InChI=1S/CH4ClNO.CH4/c2-3-1-4;/h3-4H,1H2;1H4. The molecule has 0 spiro atoms. The minimum Gasteiger partial charge on any atom is -0.380 e. The molecule has 0 aromatic carbocycles. The molecule has 0 aliphatic heterocycles. The zero-order valence-corrected chi connectivity index (χ0v) is 2.79. The first kappa shape index (κ1) is 8.96. The molecule has 0 rings (SSSR count). The fourth-order valence-corrected chi connectivity index (χ4v) is 0. The average molecular weight is 97.5 g/mol. The fraction of sp³-hybridized carbons (Fsp3) is 1.00. The van der Waals surface area contributed by atoms with Crippen molar-refractivity contribution in [1.29, 1.82) is 0 Å². The Morgan fingerprint density at radius 2 is 2.00 bits per heavy atom. The maximum absolute atomic E-state index is 7.63. The summed E-state index contributed by atoms with van der Waals surface area (Å²) in [6, 6.07) is 0. The molecule has 0 fully saturated rings. The zero-order valence-electron chi connectivity index (χ0n) is 2.03. The van der Waals surface area contributed by atoms with Crippen molar-refractivity contribution in [1.82, 2.24) is 4.84 Å². The molecule has 2 N–H and O–H groups in total. The summed E-state index contributed by atoms with van der Waals surface area (Å²) < 4.78 is 0. The normalized spacial score (nSPS) is 6.00. The van der Waals surface area contributed by atoms with Crippen molar-refractivity contribution < 1.29 is 5.11 Å². The number of nitrogens with one attached hydrogen (secondary N) is 1. The Morgan fingerprint density at radius 1 is 1.80 bits per heavy atom. The monoisotopic (exact) mass is 97.0 g/mol. The summed E-state index contributed by atoms with van der Waals surface area (Å²) >= 11 is 4.69. The molecule has 0 aliphatic rings. The van der Waals surface area contributed by atoms with Crippen LogP contribution in [-0.2, 0) is 0 Å². The third kappa shape index (κ3) is 14.0. The van der Waals surface area contributed by atoms with Crippen LogP contribution in [0.5, 0.6) is 0 Å². The van der Waals surface area contributed by atoms with Crippen LogP contribution in [0.1, 0.15) is 7.43 Å². The molecule has 5 heavy (non-hydrogen) atoms. The molecule has 0 amide bonds. The smallest absolute Gasteiger partial charge is 0.106 e. The van der Waals surface area contributed by atoms with Crippen LogP contribution in [0.25, 0.3) is 0 Å². The largest absolute Gasteiger partial charge is 0.380 e. The molecule has 0 saturated carbocycles. The van der Waals surface area contributed by atoms with Crippen LogP contribution in [0, 0.1) is 0 Å². The Balaban J connectivity index is 0. The molecule has 0 aromatic rings. The second-order valence-electron chi connectivity index (χ2n) is 0.292. The van der Waals surface area contributed by atoms with Gasteiger partial charge in [0.05, 0.1) is 0 Å². The van der Waals surface area contributed by atoms with E-state index in [-0.39, 0.29) is 14.2 Å². The molecule has 0 aromatic heterocycles. The van der Waals surface area contributed by atoms with E-state index in [9.17, 15) is 0 Å². The van der Waals surface area contributed by atoms with Crippen LogP contribution in [0.4, 0.5) is 0 Å². The number of hydrogen-bond acceptors (Lipinski definition) is 2. The molecule has 0 heterocycles. The Hall–Kier alpha value is 0.210. The van der Waals surface area contributed by atoms with Crippen LogP contribution in [-0.4, -0.2) is 11.8 Å². The molecule has 0 unspecified atom stereocenters. The maximum atomic E-state index is 7.63. The lowest BCUT2D eigenvalue weighted by molar-refractivity contribution is 0.291. The first-order valence-corrected chi connectivity index (χ1v) is 1.24. The van der Waals surface area contributed by atoms with E-state index >= 15 is 0 Å². The van der Waals surface area contributed by atoms with E-state index in [1.165, 1.54) is 0 Å². The van der Waals surface area contributed by atoms with Crippen LogP contribution in [0.2, 0.25) is 0 Å². The minimum absolute atomic E-state index is 0. The van der Waals surface area contributed by atoms with Gasteiger partial charge in [0, 0.05) is 0 Å². The van der Waals surface area contributed by atoms with Gasteiger partial charge in [0.15, 0.2) is 0 Å². The summed E-state index contributed by atoms with van der Waals surface area (Å²) in [5.74, 6) is 0. The Kier molecular flexibility index (Phi) is 15.9. The van der Waals surface area contributed by atoms with Gasteiger partial charge in [-0.15, -0.1) is 0 Å². The van der Waals surface area contributed by atoms with Gasteiger partial charge in [0.25, 0.3) is 0 Å². The third-order valence-electron chi connectivity index (χ3n) is 0.0598. The van der Waals surface area contributed by atoms with E-state index in [1.807, 2.05) is 4.84 Å². The van der Waals surface area contributed by atoms with Crippen molar-refractivity contribution in [3.05, 3.63) is 0 Å². The highest BCUT2D eigenvalue weighted by Gasteiger charge is 1.54. The number of aliphatic hydroxyl groups is 1. The van der Waals surface area contributed by atoms with Crippen molar-refractivity contribution in [2.24, 2.45) is 0 Å². The Morgan fingerprint density at radius 3 is 2.00 bits per heavy atom. The molecule has 0 atom stereocenters. The molecule has 0 aliphatic carbocycles. The van der Waals surface area contributed by atoms with Gasteiger partial charge in [-0.1, -0.05) is 7.43 Å². The van der Waals surface area contributed by atoms with Crippen LogP contribution >= 0.6 is 11.8 Å². The van der Waals surface area contributed by atoms with E-state index < -0.39 is 0 Å². The molecular formula is C2H8ClNO. The van der Waals surface area contributed by atoms with Gasteiger partial charge < -0.3 is 5.11 Å². The number of aliphatic hydroxyl groups excluding tert-OH is 1. The molecule has 34 valence electrons. The number of rotatable bonds is 1. The Labute approximate surface area is 36.9 Å². The van der Waals surface area contributed by atoms with Gasteiger partial charge in [-0.2, -0.15) is 0 Å². The second-order valence-corrected chi connectivity index (χ2v) is 0.559. The molecule has 0 radical (unpaired) electrons. The van der Waals surface area contributed by atoms with Gasteiger partial charge >= 0.3 is 0 Å². The zero-order chi connectivity index (χ0) is 3.41. The molecule has 0 bridgehead atoms. The van der Waals surface area contributed by atoms with Crippen molar-refractivity contribution in [3.8, 4) is 0 Å². The summed E-state index contributed by atoms with van der Waals surface area (Å²) in [5, 5.41) is 7.63. The van der Waals surface area contributed by atoms with Crippen LogP contribution in [0.3, 0.4) is 0 Å². The average Bonchev–Trinajstić information content (AvgIpc) is 1.37. The van der Waals surface area contributed by atoms with Crippen LogP contribution < -0.4 is 4.84 Å². The quantitative estimate of drug-likeness (QED) is 0.365. The summed E-state index contributed by atoms with van der Waals surface area (Å²) in [6.07, 6.45) is 0. The van der Waals surface area contributed by atoms with Crippen molar-refractivity contribution in [3.63, 3.8) is 0 Å². The van der Waals surface area contributed by atoms with Crippen molar-refractivity contribution in [2.75, 3.05) is 6.73 Å². The summed E-state index contributed by atoms with van der Waals surface area (Å²) in [4.78, 5) is 1.96. The van der Waals surface area contributed by atoms with Gasteiger partial charge in [0.2, 0.25) is 0 Å². The minimum atomic E-state index is -0.165. The lowest BCUT2D eigenvalue weighted by Gasteiger charge is -1.72. The lowest BCUT2D eigenvalue weighted by Crippen LogP contribution is -1.96. The van der Waals surface area contributed by atoms with Gasteiger partial charge in [-0.25, -0.2) is 4.84 Å². The maximum Gasteiger partial charge on any atom is 0.106 e. The van der Waals surface area contributed by atoms with Crippen molar-refractivity contribution in [2.45, 2.75) is 7.43 Å². The fourth-order valence-electron chi connectivity index (χ4n) is 0. The summed E-state index contributed by atoms with van der Waals surface area (Å²) in [5.41, 5.74) is 0. The predicted octanol–water partition coefficient (Wildman–Crippen LogP) is 0.316. The highest BCUT2D eigenvalue weighted by Crippen LogP contribution is 1.47. The highest BCUT2D eigenvalue weighted by atomic mass is 35.5. The second kappa shape index (κ2) is 8.88. The third-order valence-corrected chi connectivity index (χ3v) is 0.179. The highest BCUT2D eigenvalue weighted by molar-refractivity contribution is 6.13. The number of halogens is 1. The van der Waals surface area contributed by atoms with E-state index in [0.29, 0.717) is 0 Å². The molecule has 0 saturated heterocycles. The van der Waals surface area contributed by atoms with Crippen molar-refractivity contribution >= 4 is 11.8 Å².